The van der Waals surface area contributed by atoms with Crippen molar-refractivity contribution in [2.24, 2.45) is 0 Å². The summed E-state index contributed by atoms with van der Waals surface area (Å²) in [7, 11) is 0. The number of aliphatic hydroxyl groups is 2. The molecule has 13 heteroatoms. The third kappa shape index (κ3) is 10.3. The van der Waals surface area contributed by atoms with Crippen LogP contribution in [0, 0.1) is 10.1 Å². The van der Waals surface area contributed by atoms with Gasteiger partial charge >= 0.3 is 12.1 Å². The topological polar surface area (TPSA) is 184 Å². The van der Waals surface area contributed by atoms with Crippen LogP contribution in [0.2, 0.25) is 0 Å². The Morgan fingerprint density at radius 1 is 1.17 bits per heavy atom. The third-order valence-corrected chi connectivity index (χ3v) is 3.26. The van der Waals surface area contributed by atoms with Crippen LogP contribution in [-0.2, 0) is 23.8 Å². The first kappa shape index (κ1) is 24.7. The predicted molar refractivity (Wildman–Crippen MR) is 97.5 cm³/mol. The Hall–Kier alpha value is -3.29. The highest BCUT2D eigenvalue weighted by Gasteiger charge is 2.15. The second-order valence-corrected chi connectivity index (χ2v) is 5.83. The molecule has 1 rings (SSSR count). The maximum absolute atomic E-state index is 11.5. The highest BCUT2D eigenvalue weighted by molar-refractivity contribution is 5.82. The Morgan fingerprint density at radius 3 is 2.40 bits per heavy atom. The van der Waals surface area contributed by atoms with Gasteiger partial charge in [-0.1, -0.05) is 0 Å². The Bertz CT molecular complexity index is 723. The molecule has 0 fully saturated rings. The second kappa shape index (κ2) is 13.0. The van der Waals surface area contributed by atoms with Gasteiger partial charge in [-0.2, -0.15) is 0 Å². The molecule has 2 unspecified atom stereocenters. The van der Waals surface area contributed by atoms with Crippen molar-refractivity contribution < 1.29 is 48.5 Å². The molecular formula is C17H22N2O11. The number of amides is 1. The van der Waals surface area contributed by atoms with E-state index in [1.165, 1.54) is 12.1 Å². The number of aliphatic hydroxyl groups excluding tert-OH is 2. The van der Waals surface area contributed by atoms with Crippen LogP contribution in [0.5, 0.6) is 5.75 Å². The van der Waals surface area contributed by atoms with Crippen LogP contribution in [0.1, 0.15) is 6.92 Å². The number of benzene rings is 1. The van der Waals surface area contributed by atoms with Gasteiger partial charge in [0, 0.05) is 12.1 Å². The highest BCUT2D eigenvalue weighted by atomic mass is 16.7. The number of non-ortho nitro benzene ring substituents is 1. The SMILES string of the molecule is CC(CO)OCC(=O)NCC(=O)OCC(O)COC(=O)Oc1ccc([N+](=O)[O-])cc1. The van der Waals surface area contributed by atoms with Gasteiger partial charge in [-0.3, -0.25) is 19.7 Å². The lowest BCUT2D eigenvalue weighted by Gasteiger charge is -2.13. The zero-order valence-corrected chi connectivity index (χ0v) is 16.0. The largest absolute Gasteiger partial charge is 0.513 e. The van der Waals surface area contributed by atoms with E-state index in [0.29, 0.717) is 0 Å². The molecule has 166 valence electrons. The van der Waals surface area contributed by atoms with Gasteiger partial charge < -0.3 is 34.5 Å². The van der Waals surface area contributed by atoms with E-state index < -0.39 is 54.9 Å². The first-order valence-corrected chi connectivity index (χ1v) is 8.63. The summed E-state index contributed by atoms with van der Waals surface area (Å²) in [4.78, 5) is 44.3. The van der Waals surface area contributed by atoms with Crippen LogP contribution >= 0.6 is 0 Å². The summed E-state index contributed by atoms with van der Waals surface area (Å²) >= 11 is 0. The van der Waals surface area contributed by atoms with E-state index in [1.807, 2.05) is 0 Å². The van der Waals surface area contributed by atoms with E-state index in [0.717, 1.165) is 12.1 Å². The van der Waals surface area contributed by atoms with Crippen molar-refractivity contribution >= 4 is 23.7 Å². The standard InChI is InChI=1S/C17H22N2O11/c1-11(7-20)27-10-15(22)18-6-16(23)28-8-13(21)9-29-17(24)30-14-4-2-12(3-5-14)19(25)26/h2-5,11,13,20-21H,6-10H2,1H3,(H,18,22). The van der Waals surface area contributed by atoms with Crippen LogP contribution in [-0.4, -0.2) is 78.3 Å². The summed E-state index contributed by atoms with van der Waals surface area (Å²) in [6.45, 7) is -0.548. The number of ether oxygens (including phenoxy) is 4. The number of carbonyl (C=O) groups excluding carboxylic acids is 3. The number of hydrogen-bond donors (Lipinski definition) is 3. The van der Waals surface area contributed by atoms with Crippen LogP contribution in [0.4, 0.5) is 10.5 Å². The molecule has 0 aliphatic heterocycles. The van der Waals surface area contributed by atoms with Gasteiger partial charge in [-0.15, -0.1) is 0 Å². The molecule has 30 heavy (non-hydrogen) atoms. The summed E-state index contributed by atoms with van der Waals surface area (Å²) in [5.41, 5.74) is -0.184. The number of esters is 1. The molecular weight excluding hydrogens is 408 g/mol. The third-order valence-electron chi connectivity index (χ3n) is 3.26. The fourth-order valence-electron chi connectivity index (χ4n) is 1.71. The molecule has 1 amide bonds. The molecule has 1 aromatic carbocycles. The first-order chi connectivity index (χ1) is 14.2. The maximum atomic E-state index is 11.5. The number of nitro groups is 1. The minimum absolute atomic E-state index is 0.000351. The Labute approximate surface area is 170 Å². The van der Waals surface area contributed by atoms with E-state index in [4.69, 9.17) is 19.3 Å². The van der Waals surface area contributed by atoms with Crippen LogP contribution in [0.15, 0.2) is 24.3 Å². The Kier molecular flexibility index (Phi) is 10.7. The molecule has 2 atom stereocenters. The predicted octanol–water partition coefficient (Wildman–Crippen LogP) is -0.472. The molecule has 0 bridgehead atoms. The molecule has 0 saturated carbocycles. The zero-order valence-electron chi connectivity index (χ0n) is 16.0. The molecule has 0 spiro atoms. The van der Waals surface area contributed by atoms with Gasteiger partial charge in [-0.05, 0) is 19.1 Å². The smallest absolute Gasteiger partial charge is 0.461 e. The quantitative estimate of drug-likeness (QED) is 0.168. The van der Waals surface area contributed by atoms with Gasteiger partial charge in [-0.25, -0.2) is 4.79 Å². The summed E-state index contributed by atoms with van der Waals surface area (Å²) in [5.74, 6) is -1.43. The fraction of sp³-hybridized carbons (Fsp3) is 0.471. The monoisotopic (exact) mass is 430 g/mol. The zero-order chi connectivity index (χ0) is 22.5. The Morgan fingerprint density at radius 2 is 1.80 bits per heavy atom. The van der Waals surface area contributed by atoms with E-state index in [1.54, 1.807) is 6.92 Å². The molecule has 0 saturated heterocycles. The molecule has 0 aromatic heterocycles. The van der Waals surface area contributed by atoms with Gasteiger partial charge in [0.05, 0.1) is 17.6 Å². The lowest BCUT2D eigenvalue weighted by Crippen LogP contribution is -2.35. The maximum Gasteiger partial charge on any atom is 0.513 e. The Balaban J connectivity index is 2.20. The van der Waals surface area contributed by atoms with Crippen molar-refractivity contribution in [3.63, 3.8) is 0 Å². The van der Waals surface area contributed by atoms with Crippen molar-refractivity contribution in [3.05, 3.63) is 34.4 Å². The number of rotatable bonds is 12. The van der Waals surface area contributed by atoms with Crippen LogP contribution in [0.25, 0.3) is 0 Å². The van der Waals surface area contributed by atoms with E-state index in [2.05, 4.69) is 10.1 Å². The normalized spacial score (nSPS) is 12.4. The van der Waals surface area contributed by atoms with Gasteiger partial charge in [0.1, 0.15) is 38.2 Å². The first-order valence-electron chi connectivity index (χ1n) is 8.63. The van der Waals surface area contributed by atoms with Crippen molar-refractivity contribution in [2.45, 2.75) is 19.1 Å². The van der Waals surface area contributed by atoms with Crippen LogP contribution < -0.4 is 10.1 Å². The number of hydrogen-bond acceptors (Lipinski definition) is 11. The van der Waals surface area contributed by atoms with Crippen molar-refractivity contribution in [1.29, 1.82) is 0 Å². The van der Waals surface area contributed by atoms with Crippen molar-refractivity contribution in [1.82, 2.24) is 5.32 Å². The number of nitro benzene ring substituents is 1. The number of nitrogens with one attached hydrogen (secondary N) is 1. The van der Waals surface area contributed by atoms with E-state index >= 15 is 0 Å². The fourth-order valence-corrected chi connectivity index (χ4v) is 1.71. The van der Waals surface area contributed by atoms with Gasteiger partial charge in [0.2, 0.25) is 5.91 Å². The average Bonchev–Trinajstić information content (AvgIpc) is 2.73. The lowest BCUT2D eigenvalue weighted by atomic mass is 10.3. The minimum atomic E-state index is -1.34. The molecule has 0 radical (unpaired) electrons. The number of carbonyl (C=O) groups is 3. The lowest BCUT2D eigenvalue weighted by molar-refractivity contribution is -0.384. The van der Waals surface area contributed by atoms with E-state index in [9.17, 15) is 29.6 Å². The summed E-state index contributed by atoms with van der Waals surface area (Å²) < 4.78 is 19.1. The van der Waals surface area contributed by atoms with E-state index in [-0.39, 0.29) is 24.7 Å². The number of nitrogens with zero attached hydrogens (tertiary/aromatic N) is 1. The minimum Gasteiger partial charge on any atom is -0.461 e. The molecule has 0 aliphatic rings. The van der Waals surface area contributed by atoms with Crippen molar-refractivity contribution in [3.8, 4) is 5.75 Å². The molecule has 13 nitrogen and oxygen atoms in total. The van der Waals surface area contributed by atoms with Gasteiger partial charge in [0.15, 0.2) is 0 Å². The van der Waals surface area contributed by atoms with Crippen LogP contribution in [0.3, 0.4) is 0 Å². The summed E-state index contributed by atoms with van der Waals surface area (Å²) in [6.07, 6.45) is -3.04. The molecule has 1 aromatic rings. The summed E-state index contributed by atoms with van der Waals surface area (Å²) in [5, 5.41) is 31.2. The summed E-state index contributed by atoms with van der Waals surface area (Å²) in [6, 6.07) is 4.66. The average molecular weight is 430 g/mol. The van der Waals surface area contributed by atoms with Crippen molar-refractivity contribution in [2.75, 3.05) is 33.0 Å². The second-order valence-electron chi connectivity index (χ2n) is 5.83. The van der Waals surface area contributed by atoms with Gasteiger partial charge in [0.25, 0.3) is 5.69 Å². The molecule has 0 heterocycles. The highest BCUT2D eigenvalue weighted by Crippen LogP contribution is 2.17. The molecule has 0 aliphatic carbocycles. The molecule has 3 N–H and O–H groups in total.